The Morgan fingerprint density at radius 2 is 1.77 bits per heavy atom. The van der Waals surface area contributed by atoms with Gasteiger partial charge in [0.25, 0.3) is 0 Å². The van der Waals surface area contributed by atoms with Crippen molar-refractivity contribution in [1.29, 1.82) is 0 Å². The molecule has 0 aliphatic carbocycles. The van der Waals surface area contributed by atoms with Crippen LogP contribution in [-0.4, -0.2) is 11.9 Å². The summed E-state index contributed by atoms with van der Waals surface area (Å²) in [7, 11) is 0. The second-order valence-corrected chi connectivity index (χ2v) is 5.97. The van der Waals surface area contributed by atoms with E-state index < -0.39 is 0 Å². The summed E-state index contributed by atoms with van der Waals surface area (Å²) in [5.41, 5.74) is 9.40. The number of amides is 1. The lowest BCUT2D eigenvalue weighted by Crippen LogP contribution is -2.39. The first-order chi connectivity index (χ1) is 10.6. The predicted molar refractivity (Wildman–Crippen MR) is 88.7 cm³/mol. The molecule has 1 saturated heterocycles. The predicted octanol–water partition coefficient (Wildman–Crippen LogP) is 3.19. The van der Waals surface area contributed by atoms with Gasteiger partial charge in [-0.1, -0.05) is 41.4 Å². The average Bonchev–Trinajstić information content (AvgIpc) is 3.00. The third-order valence-corrected chi connectivity index (χ3v) is 4.06. The molecule has 1 aliphatic heterocycles. The molecule has 1 fully saturated rings. The van der Waals surface area contributed by atoms with E-state index in [4.69, 9.17) is 11.6 Å². The van der Waals surface area contributed by atoms with E-state index in [9.17, 15) is 4.79 Å². The van der Waals surface area contributed by atoms with Crippen molar-refractivity contribution in [2.24, 2.45) is 0 Å². The summed E-state index contributed by atoms with van der Waals surface area (Å²) < 4.78 is 0. The number of hydrogen-bond acceptors (Lipinski definition) is 3. The molecule has 0 bridgehead atoms. The molecule has 0 radical (unpaired) electrons. The fourth-order valence-electron chi connectivity index (χ4n) is 2.51. The Labute approximate surface area is 134 Å². The molecule has 2 atom stereocenters. The number of benzene rings is 2. The van der Waals surface area contributed by atoms with Gasteiger partial charge in [-0.25, -0.2) is 10.9 Å². The van der Waals surface area contributed by atoms with Gasteiger partial charge in [0.05, 0.1) is 0 Å². The first-order valence-corrected chi connectivity index (χ1v) is 7.64. The zero-order valence-electron chi connectivity index (χ0n) is 12.3. The third kappa shape index (κ3) is 3.47. The molecule has 2 aromatic carbocycles. The van der Waals surface area contributed by atoms with Crippen molar-refractivity contribution in [3.05, 3.63) is 64.7 Å². The summed E-state index contributed by atoms with van der Waals surface area (Å²) in [5, 5.41) is 3.54. The summed E-state index contributed by atoms with van der Waals surface area (Å²) in [6.07, 6.45) is 0.711. The molecular formula is C17H18ClN3O. The number of rotatable bonds is 3. The minimum absolute atomic E-state index is 0.0514. The van der Waals surface area contributed by atoms with Gasteiger partial charge < -0.3 is 5.32 Å². The topological polar surface area (TPSA) is 53.2 Å². The fourth-order valence-corrected chi connectivity index (χ4v) is 2.63. The number of carbonyl (C=O) groups is 1. The minimum atomic E-state index is -0.262. The largest absolute Gasteiger partial charge is 0.325 e. The Hall–Kier alpha value is -1.88. The molecule has 3 rings (SSSR count). The van der Waals surface area contributed by atoms with Crippen LogP contribution < -0.4 is 16.2 Å². The molecule has 1 aliphatic rings. The number of carbonyl (C=O) groups excluding carboxylic acids is 1. The molecule has 0 spiro atoms. The van der Waals surface area contributed by atoms with E-state index in [-0.39, 0.29) is 18.0 Å². The minimum Gasteiger partial charge on any atom is -0.325 e. The standard InChI is InChI=1S/C17H18ClN3O/c1-11-2-4-12(5-3-11)15-10-16(21-20-15)17(22)19-14-8-6-13(18)7-9-14/h2-9,15-16,20-21H,10H2,1H3,(H,19,22). The van der Waals surface area contributed by atoms with Crippen molar-refractivity contribution in [1.82, 2.24) is 10.9 Å². The molecule has 1 heterocycles. The van der Waals surface area contributed by atoms with Crippen molar-refractivity contribution < 1.29 is 4.79 Å². The lowest BCUT2D eigenvalue weighted by molar-refractivity contribution is -0.117. The second-order valence-electron chi connectivity index (χ2n) is 5.54. The van der Waals surface area contributed by atoms with Crippen LogP contribution in [0.2, 0.25) is 5.02 Å². The van der Waals surface area contributed by atoms with Crippen LogP contribution in [0.5, 0.6) is 0 Å². The summed E-state index contributed by atoms with van der Waals surface area (Å²) in [6, 6.07) is 15.3. The average molecular weight is 316 g/mol. The molecule has 0 aromatic heterocycles. The van der Waals surface area contributed by atoms with Crippen molar-refractivity contribution in [3.63, 3.8) is 0 Å². The Morgan fingerprint density at radius 3 is 2.45 bits per heavy atom. The van der Waals surface area contributed by atoms with Crippen molar-refractivity contribution in [3.8, 4) is 0 Å². The Balaban J connectivity index is 1.61. The van der Waals surface area contributed by atoms with Crippen molar-refractivity contribution >= 4 is 23.2 Å². The molecule has 3 N–H and O–H groups in total. The summed E-state index contributed by atoms with van der Waals surface area (Å²) >= 11 is 5.84. The molecule has 4 nitrogen and oxygen atoms in total. The highest BCUT2D eigenvalue weighted by Gasteiger charge is 2.30. The number of hydrogen-bond donors (Lipinski definition) is 3. The first-order valence-electron chi connectivity index (χ1n) is 7.26. The van der Waals surface area contributed by atoms with E-state index in [2.05, 4.69) is 47.4 Å². The van der Waals surface area contributed by atoms with Crippen LogP contribution in [0.4, 0.5) is 5.69 Å². The van der Waals surface area contributed by atoms with Crippen LogP contribution in [0.3, 0.4) is 0 Å². The van der Waals surface area contributed by atoms with Crippen LogP contribution in [0.15, 0.2) is 48.5 Å². The number of nitrogens with one attached hydrogen (secondary N) is 3. The monoisotopic (exact) mass is 315 g/mol. The van der Waals surface area contributed by atoms with Crippen LogP contribution in [-0.2, 0) is 4.79 Å². The zero-order chi connectivity index (χ0) is 15.5. The van der Waals surface area contributed by atoms with Crippen LogP contribution in [0.1, 0.15) is 23.6 Å². The maximum absolute atomic E-state index is 12.3. The highest BCUT2D eigenvalue weighted by atomic mass is 35.5. The molecule has 1 amide bonds. The number of aryl methyl sites for hydroxylation is 1. The highest BCUT2D eigenvalue weighted by molar-refractivity contribution is 6.30. The highest BCUT2D eigenvalue weighted by Crippen LogP contribution is 2.23. The fraction of sp³-hybridized carbons (Fsp3) is 0.235. The quantitative estimate of drug-likeness (QED) is 0.815. The van der Waals surface area contributed by atoms with E-state index in [1.807, 2.05) is 0 Å². The molecule has 22 heavy (non-hydrogen) atoms. The maximum Gasteiger partial charge on any atom is 0.242 e. The van der Waals surface area contributed by atoms with Gasteiger partial charge >= 0.3 is 0 Å². The summed E-state index contributed by atoms with van der Waals surface area (Å²) in [4.78, 5) is 12.3. The van der Waals surface area contributed by atoms with Crippen LogP contribution in [0, 0.1) is 6.92 Å². The SMILES string of the molecule is Cc1ccc(C2CC(C(=O)Nc3ccc(Cl)cc3)NN2)cc1. The molecule has 2 aromatic rings. The summed E-state index contributed by atoms with van der Waals surface area (Å²) in [5.74, 6) is -0.0514. The molecular weight excluding hydrogens is 298 g/mol. The van der Waals surface area contributed by atoms with E-state index in [1.54, 1.807) is 24.3 Å². The smallest absolute Gasteiger partial charge is 0.242 e. The lowest BCUT2D eigenvalue weighted by atomic mass is 10.0. The van der Waals surface area contributed by atoms with Gasteiger partial charge in [0.1, 0.15) is 6.04 Å². The number of hydrazine groups is 1. The van der Waals surface area contributed by atoms with Gasteiger partial charge in [0.2, 0.25) is 5.91 Å². The van der Waals surface area contributed by atoms with E-state index >= 15 is 0 Å². The van der Waals surface area contributed by atoms with Gasteiger partial charge in [-0.05, 0) is 43.2 Å². The molecule has 114 valence electrons. The van der Waals surface area contributed by atoms with Gasteiger partial charge in [0, 0.05) is 16.8 Å². The molecule has 0 saturated carbocycles. The number of anilines is 1. The number of halogens is 1. The van der Waals surface area contributed by atoms with Crippen LogP contribution in [0.25, 0.3) is 0 Å². The van der Waals surface area contributed by atoms with E-state index in [1.165, 1.54) is 11.1 Å². The van der Waals surface area contributed by atoms with Gasteiger partial charge in [-0.2, -0.15) is 0 Å². The second kappa shape index (κ2) is 6.48. The molecule has 5 heteroatoms. The van der Waals surface area contributed by atoms with Crippen molar-refractivity contribution in [2.45, 2.75) is 25.4 Å². The van der Waals surface area contributed by atoms with Gasteiger partial charge in [0.15, 0.2) is 0 Å². The maximum atomic E-state index is 12.3. The zero-order valence-corrected chi connectivity index (χ0v) is 13.0. The van der Waals surface area contributed by atoms with Gasteiger partial charge in [-0.15, -0.1) is 0 Å². The van der Waals surface area contributed by atoms with Crippen molar-refractivity contribution in [2.75, 3.05) is 5.32 Å². The summed E-state index contributed by atoms with van der Waals surface area (Å²) in [6.45, 7) is 2.06. The van der Waals surface area contributed by atoms with Crippen LogP contribution >= 0.6 is 11.6 Å². The molecule has 2 unspecified atom stereocenters. The Kier molecular flexibility index (Phi) is 4.43. The Morgan fingerprint density at radius 1 is 1.09 bits per heavy atom. The van der Waals surface area contributed by atoms with E-state index in [0.717, 1.165) is 5.69 Å². The third-order valence-electron chi connectivity index (χ3n) is 3.81. The first kappa shape index (κ1) is 15.0. The van der Waals surface area contributed by atoms with Gasteiger partial charge in [-0.3, -0.25) is 4.79 Å². The lowest BCUT2D eigenvalue weighted by Gasteiger charge is -2.11. The van der Waals surface area contributed by atoms with E-state index in [0.29, 0.717) is 11.4 Å². The Bertz CT molecular complexity index is 655. The normalized spacial score (nSPS) is 20.8.